The maximum absolute atomic E-state index is 12.3. The summed E-state index contributed by atoms with van der Waals surface area (Å²) in [5, 5.41) is 6.71. The van der Waals surface area contributed by atoms with Gasteiger partial charge in [0, 0.05) is 13.1 Å². The van der Waals surface area contributed by atoms with Gasteiger partial charge in [-0.1, -0.05) is 0 Å². The quantitative estimate of drug-likeness (QED) is 0.790. The Morgan fingerprint density at radius 1 is 1.53 bits per heavy atom. The average Bonchev–Trinajstić information content (AvgIpc) is 2.68. The topological polar surface area (TPSA) is 63.2 Å². The molecule has 0 aliphatic carbocycles. The van der Waals surface area contributed by atoms with Crippen molar-refractivity contribution >= 4 is 18.1 Å². The van der Waals surface area contributed by atoms with Crippen LogP contribution in [0, 0.1) is 11.7 Å². The minimum Gasteiger partial charge on any atom is -0.378 e. The zero-order valence-corrected chi connectivity index (χ0v) is 10.8. The van der Waals surface area contributed by atoms with E-state index >= 15 is 0 Å². The third kappa shape index (κ3) is 2.39. The van der Waals surface area contributed by atoms with Gasteiger partial charge in [-0.2, -0.15) is 5.10 Å². The number of aromatic amines is 1. The monoisotopic (exact) mass is 256 g/mol. The summed E-state index contributed by atoms with van der Waals surface area (Å²) in [6.07, 6.45) is 0. The molecular weight excluding hydrogens is 240 g/mol. The largest absolute Gasteiger partial charge is 0.378 e. The number of carbonyl (C=O) groups excluding carboxylic acids is 1. The van der Waals surface area contributed by atoms with Gasteiger partial charge in [0.25, 0.3) is 0 Å². The van der Waals surface area contributed by atoms with Crippen LogP contribution < -0.4 is 0 Å². The lowest BCUT2D eigenvalue weighted by Gasteiger charge is -2.29. The van der Waals surface area contributed by atoms with E-state index in [1.165, 1.54) is 0 Å². The van der Waals surface area contributed by atoms with Gasteiger partial charge in [-0.3, -0.25) is 14.5 Å². The Balaban J connectivity index is 2.17. The molecule has 17 heavy (non-hydrogen) atoms. The first-order valence-corrected chi connectivity index (χ1v) is 6.02. The van der Waals surface area contributed by atoms with E-state index in [-0.39, 0.29) is 11.9 Å². The predicted molar refractivity (Wildman–Crippen MR) is 64.3 cm³/mol. The molecule has 1 aliphatic heterocycles. The van der Waals surface area contributed by atoms with Crippen molar-refractivity contribution in [2.75, 3.05) is 26.3 Å². The Morgan fingerprint density at radius 2 is 2.18 bits per heavy atom. The fraction of sp³-hybridized carbons (Fsp3) is 0.700. The molecule has 0 bridgehead atoms. The first kappa shape index (κ1) is 12.3. The van der Waals surface area contributed by atoms with Crippen molar-refractivity contribution < 1.29 is 9.53 Å². The van der Waals surface area contributed by atoms with Gasteiger partial charge >= 0.3 is 0 Å². The normalized spacial score (nSPS) is 18.1. The molecule has 7 heteroatoms. The maximum atomic E-state index is 12.3. The second-order valence-corrected chi connectivity index (χ2v) is 4.45. The fourth-order valence-corrected chi connectivity index (χ4v) is 2.33. The molecule has 1 saturated heterocycles. The predicted octanol–water partition coefficient (Wildman–Crippen LogP) is 0.669. The van der Waals surface area contributed by atoms with E-state index in [0.29, 0.717) is 31.1 Å². The number of carbonyl (C=O) groups is 1. The molecule has 1 atom stereocenters. The molecule has 94 valence electrons. The van der Waals surface area contributed by atoms with Crippen LogP contribution in [0.2, 0.25) is 0 Å². The minimum absolute atomic E-state index is 0.0638. The fourth-order valence-electron chi connectivity index (χ4n) is 2.00. The van der Waals surface area contributed by atoms with Gasteiger partial charge in [0.2, 0.25) is 5.91 Å². The summed E-state index contributed by atoms with van der Waals surface area (Å²) < 4.78 is 7.45. The van der Waals surface area contributed by atoms with Crippen molar-refractivity contribution in [1.82, 2.24) is 19.7 Å². The van der Waals surface area contributed by atoms with E-state index < -0.39 is 0 Å². The zero-order valence-electron chi connectivity index (χ0n) is 9.97. The van der Waals surface area contributed by atoms with Gasteiger partial charge in [-0.25, -0.2) is 0 Å². The number of nitrogens with zero attached hydrogens (tertiary/aromatic N) is 3. The summed E-state index contributed by atoms with van der Waals surface area (Å²) in [5.74, 6) is 0.790. The van der Waals surface area contributed by atoms with E-state index in [1.807, 2.05) is 18.7 Å². The molecular formula is C10H16N4O2S. The van der Waals surface area contributed by atoms with Gasteiger partial charge in [-0.05, 0) is 26.1 Å². The summed E-state index contributed by atoms with van der Waals surface area (Å²) in [4.78, 5) is 14.1. The summed E-state index contributed by atoms with van der Waals surface area (Å²) in [7, 11) is 0. The lowest BCUT2D eigenvalue weighted by atomic mass is 10.2. The highest BCUT2D eigenvalue weighted by Crippen LogP contribution is 2.13. The minimum atomic E-state index is -0.320. The number of aryl methyl sites for hydroxylation is 1. The Labute approximate surface area is 105 Å². The second kappa shape index (κ2) is 4.97. The smallest absolute Gasteiger partial charge is 0.245 e. The van der Waals surface area contributed by atoms with Crippen molar-refractivity contribution in [3.63, 3.8) is 0 Å². The number of amides is 1. The third-order valence-corrected chi connectivity index (χ3v) is 3.24. The van der Waals surface area contributed by atoms with Crippen molar-refractivity contribution in [2.24, 2.45) is 0 Å². The molecule has 1 aromatic rings. The highest BCUT2D eigenvalue weighted by atomic mass is 32.1. The first-order valence-electron chi connectivity index (χ1n) is 5.61. The number of rotatable bonds is 2. The van der Waals surface area contributed by atoms with E-state index in [4.69, 9.17) is 17.0 Å². The third-order valence-electron chi connectivity index (χ3n) is 2.95. The van der Waals surface area contributed by atoms with E-state index in [9.17, 15) is 4.79 Å². The summed E-state index contributed by atoms with van der Waals surface area (Å²) in [5.41, 5.74) is 0. The lowest BCUT2D eigenvalue weighted by Crippen LogP contribution is -2.43. The van der Waals surface area contributed by atoms with Gasteiger partial charge in [0.05, 0.1) is 13.2 Å². The Morgan fingerprint density at radius 3 is 2.71 bits per heavy atom. The molecule has 6 nitrogen and oxygen atoms in total. The standard InChI is InChI=1S/C10H16N4O2S/c1-7(14-8(2)11-12-10(14)17)9(15)13-3-5-16-6-4-13/h7H,3-6H2,1-2H3,(H,12,17). The number of morpholine rings is 1. The molecule has 0 spiro atoms. The number of H-pyrrole nitrogens is 1. The van der Waals surface area contributed by atoms with Crippen LogP contribution in [0.3, 0.4) is 0 Å². The van der Waals surface area contributed by atoms with E-state index in [1.54, 1.807) is 4.57 Å². The van der Waals surface area contributed by atoms with Gasteiger partial charge < -0.3 is 9.64 Å². The Bertz CT molecular complexity index is 461. The molecule has 1 aromatic heterocycles. The van der Waals surface area contributed by atoms with Crippen LogP contribution >= 0.6 is 12.2 Å². The molecule has 0 saturated carbocycles. The van der Waals surface area contributed by atoms with Crippen LogP contribution in [-0.2, 0) is 9.53 Å². The number of hydrogen-bond acceptors (Lipinski definition) is 4. The zero-order chi connectivity index (χ0) is 12.4. The molecule has 1 amide bonds. The van der Waals surface area contributed by atoms with E-state index in [2.05, 4.69) is 10.2 Å². The lowest BCUT2D eigenvalue weighted by molar-refractivity contribution is -0.138. The molecule has 0 radical (unpaired) electrons. The number of nitrogens with one attached hydrogen (secondary N) is 1. The van der Waals surface area contributed by atoms with Crippen LogP contribution in [0.15, 0.2) is 0 Å². The van der Waals surface area contributed by atoms with Crippen LogP contribution in [0.5, 0.6) is 0 Å². The first-order chi connectivity index (χ1) is 8.11. The SMILES string of the molecule is Cc1n[nH]c(=S)n1C(C)C(=O)N1CCOCC1. The summed E-state index contributed by atoms with van der Waals surface area (Å²) in [6.45, 7) is 6.18. The van der Waals surface area contributed by atoms with Crippen molar-refractivity contribution in [3.05, 3.63) is 10.6 Å². The number of ether oxygens (including phenoxy) is 1. The van der Waals surface area contributed by atoms with Gasteiger partial charge in [0.15, 0.2) is 4.77 Å². The molecule has 1 aliphatic rings. The summed E-state index contributed by atoms with van der Waals surface area (Å²) >= 11 is 5.12. The van der Waals surface area contributed by atoms with Gasteiger partial charge in [0.1, 0.15) is 11.9 Å². The van der Waals surface area contributed by atoms with Crippen LogP contribution in [-0.4, -0.2) is 51.9 Å². The molecule has 1 N–H and O–H groups in total. The average molecular weight is 256 g/mol. The Kier molecular flexibility index (Phi) is 3.58. The van der Waals surface area contributed by atoms with Crippen molar-refractivity contribution in [3.8, 4) is 0 Å². The Hall–Kier alpha value is -1.21. The highest BCUT2D eigenvalue weighted by molar-refractivity contribution is 7.71. The highest BCUT2D eigenvalue weighted by Gasteiger charge is 2.25. The maximum Gasteiger partial charge on any atom is 0.245 e. The number of aromatic nitrogens is 3. The molecule has 0 aromatic carbocycles. The van der Waals surface area contributed by atoms with Crippen LogP contribution in [0.25, 0.3) is 0 Å². The molecule has 1 fully saturated rings. The molecule has 2 heterocycles. The van der Waals surface area contributed by atoms with Crippen molar-refractivity contribution in [2.45, 2.75) is 19.9 Å². The van der Waals surface area contributed by atoms with Crippen molar-refractivity contribution in [1.29, 1.82) is 0 Å². The van der Waals surface area contributed by atoms with Gasteiger partial charge in [-0.15, -0.1) is 0 Å². The van der Waals surface area contributed by atoms with Crippen LogP contribution in [0.4, 0.5) is 0 Å². The molecule has 2 rings (SSSR count). The second-order valence-electron chi connectivity index (χ2n) is 4.06. The van der Waals surface area contributed by atoms with E-state index in [0.717, 1.165) is 5.82 Å². The van der Waals surface area contributed by atoms with Crippen LogP contribution in [0.1, 0.15) is 18.8 Å². The summed E-state index contributed by atoms with van der Waals surface area (Å²) in [6, 6.07) is -0.320. The number of hydrogen-bond donors (Lipinski definition) is 1. The molecule has 1 unspecified atom stereocenters.